The molecule has 0 aromatic heterocycles. The molecule has 1 amide bonds. The number of methoxy groups -OCH3 is 1. The Kier molecular flexibility index (Phi) is 7.63. The molecular formula is C25H19ClINO3S2. The lowest BCUT2D eigenvalue weighted by molar-refractivity contribution is -0.113. The first kappa shape index (κ1) is 24.1. The van der Waals surface area contributed by atoms with Crippen LogP contribution < -0.4 is 14.4 Å². The van der Waals surface area contributed by atoms with Crippen molar-refractivity contribution in [1.29, 1.82) is 0 Å². The highest BCUT2D eigenvalue weighted by atomic mass is 127. The molecule has 0 spiro atoms. The molecule has 0 aliphatic carbocycles. The number of rotatable bonds is 6. The van der Waals surface area contributed by atoms with Crippen LogP contribution in [0.25, 0.3) is 6.08 Å². The van der Waals surface area contributed by atoms with Crippen molar-refractivity contribution in [3.63, 3.8) is 0 Å². The Morgan fingerprint density at radius 3 is 2.48 bits per heavy atom. The van der Waals surface area contributed by atoms with E-state index >= 15 is 0 Å². The van der Waals surface area contributed by atoms with Crippen molar-refractivity contribution in [2.24, 2.45) is 0 Å². The minimum absolute atomic E-state index is 0.166. The fourth-order valence-corrected chi connectivity index (χ4v) is 5.44. The van der Waals surface area contributed by atoms with Crippen LogP contribution in [-0.4, -0.2) is 17.3 Å². The molecule has 1 saturated heterocycles. The van der Waals surface area contributed by atoms with Gasteiger partial charge >= 0.3 is 0 Å². The zero-order chi connectivity index (χ0) is 23.5. The predicted octanol–water partition coefficient (Wildman–Crippen LogP) is 7.25. The van der Waals surface area contributed by atoms with Crippen molar-refractivity contribution in [2.45, 2.75) is 13.5 Å². The lowest BCUT2D eigenvalue weighted by Gasteiger charge is -2.14. The van der Waals surface area contributed by atoms with Gasteiger partial charge in [-0.15, -0.1) is 0 Å². The number of halogens is 2. The molecule has 1 aliphatic rings. The van der Waals surface area contributed by atoms with Crippen molar-refractivity contribution < 1.29 is 14.3 Å². The molecule has 8 heteroatoms. The number of benzene rings is 3. The smallest absolute Gasteiger partial charge is 0.270 e. The number of carbonyl (C=O) groups excluding carboxylic acids is 1. The summed E-state index contributed by atoms with van der Waals surface area (Å²) in [4.78, 5) is 15.1. The summed E-state index contributed by atoms with van der Waals surface area (Å²) >= 11 is 14.9. The highest BCUT2D eigenvalue weighted by Crippen LogP contribution is 2.39. The molecule has 1 heterocycles. The second-order valence-corrected chi connectivity index (χ2v) is 10.6. The number of thiocarbonyl (C=S) groups is 1. The highest BCUT2D eigenvalue weighted by molar-refractivity contribution is 14.1. The van der Waals surface area contributed by atoms with E-state index in [0.717, 1.165) is 14.7 Å². The highest BCUT2D eigenvalue weighted by Gasteiger charge is 2.33. The molecule has 0 unspecified atom stereocenters. The first-order valence-electron chi connectivity index (χ1n) is 9.95. The minimum atomic E-state index is -0.166. The molecule has 1 fully saturated rings. The molecule has 168 valence electrons. The summed E-state index contributed by atoms with van der Waals surface area (Å²) in [5.74, 6) is 1.11. The van der Waals surface area contributed by atoms with Gasteiger partial charge in [0.05, 0.1) is 21.3 Å². The van der Waals surface area contributed by atoms with Gasteiger partial charge in [-0.25, -0.2) is 0 Å². The van der Waals surface area contributed by atoms with Gasteiger partial charge in [0.15, 0.2) is 15.8 Å². The number of anilines is 1. The van der Waals surface area contributed by atoms with Crippen LogP contribution in [0.1, 0.15) is 16.7 Å². The normalized spacial score (nSPS) is 14.8. The van der Waals surface area contributed by atoms with Gasteiger partial charge < -0.3 is 9.47 Å². The third-order valence-corrected chi connectivity index (χ3v) is 7.29. The zero-order valence-electron chi connectivity index (χ0n) is 17.8. The first-order chi connectivity index (χ1) is 15.9. The maximum Gasteiger partial charge on any atom is 0.270 e. The maximum atomic E-state index is 13.1. The Balaban J connectivity index is 1.57. The molecule has 0 bridgehead atoms. The van der Waals surface area contributed by atoms with Crippen LogP contribution in [0.2, 0.25) is 5.02 Å². The van der Waals surface area contributed by atoms with Crippen molar-refractivity contribution in [3.05, 3.63) is 90.9 Å². The van der Waals surface area contributed by atoms with Crippen LogP contribution in [-0.2, 0) is 11.4 Å². The summed E-state index contributed by atoms with van der Waals surface area (Å²) in [5, 5.41) is 0.603. The number of thioether (sulfide) groups is 1. The zero-order valence-corrected chi connectivity index (χ0v) is 22.3. The van der Waals surface area contributed by atoms with Crippen molar-refractivity contribution in [2.75, 3.05) is 12.0 Å². The third-order valence-electron chi connectivity index (χ3n) is 4.93. The number of hydrogen-bond acceptors (Lipinski definition) is 5. The minimum Gasteiger partial charge on any atom is -0.493 e. The van der Waals surface area contributed by atoms with E-state index in [-0.39, 0.29) is 5.91 Å². The molecular weight excluding hydrogens is 589 g/mol. The Hall–Kier alpha value is -2.07. The van der Waals surface area contributed by atoms with Gasteiger partial charge in [0, 0.05) is 5.02 Å². The lowest BCUT2D eigenvalue weighted by Crippen LogP contribution is -2.27. The lowest BCUT2D eigenvalue weighted by atomic mass is 10.1. The second kappa shape index (κ2) is 10.5. The van der Waals surface area contributed by atoms with Crippen LogP contribution in [0.3, 0.4) is 0 Å². The average molecular weight is 608 g/mol. The van der Waals surface area contributed by atoms with Gasteiger partial charge in [0.25, 0.3) is 5.91 Å². The Bertz CT molecular complexity index is 1240. The number of aryl methyl sites for hydroxylation is 1. The standard InChI is InChI=1S/C25H19ClINO3S2/c1-15-3-5-16(6-4-15)14-31-23-20(27)11-17(12-21(23)30-2)13-22-24(29)28(25(32)33-22)19-9-7-18(26)8-10-19/h3-13H,14H2,1-2H3/b22-13+. The molecule has 4 nitrogen and oxygen atoms in total. The largest absolute Gasteiger partial charge is 0.493 e. The van der Waals surface area contributed by atoms with E-state index in [1.54, 1.807) is 31.4 Å². The molecule has 0 radical (unpaired) electrons. The SMILES string of the molecule is COc1cc(/C=C2/SC(=S)N(c3ccc(Cl)cc3)C2=O)cc(I)c1OCc1ccc(C)cc1. The summed E-state index contributed by atoms with van der Waals surface area (Å²) in [6.45, 7) is 2.49. The van der Waals surface area contributed by atoms with Gasteiger partial charge in [-0.2, -0.15) is 0 Å². The van der Waals surface area contributed by atoms with E-state index in [4.69, 9.17) is 33.3 Å². The summed E-state index contributed by atoms with van der Waals surface area (Å²) in [7, 11) is 1.61. The topological polar surface area (TPSA) is 38.8 Å². The first-order valence-corrected chi connectivity index (χ1v) is 12.6. The van der Waals surface area contributed by atoms with E-state index in [1.165, 1.54) is 22.2 Å². The number of ether oxygens (including phenoxy) is 2. The van der Waals surface area contributed by atoms with E-state index in [0.29, 0.717) is 38.0 Å². The number of nitrogens with zero attached hydrogens (tertiary/aromatic N) is 1. The van der Waals surface area contributed by atoms with Gasteiger partial charge in [-0.3, -0.25) is 9.69 Å². The molecule has 0 saturated carbocycles. The molecule has 0 atom stereocenters. The fraction of sp³-hybridized carbons (Fsp3) is 0.120. The van der Waals surface area contributed by atoms with E-state index in [1.807, 2.05) is 30.3 Å². The molecule has 33 heavy (non-hydrogen) atoms. The number of carbonyl (C=O) groups is 1. The number of hydrogen-bond donors (Lipinski definition) is 0. The van der Waals surface area contributed by atoms with Crippen LogP contribution >= 0.6 is 58.2 Å². The summed E-state index contributed by atoms with van der Waals surface area (Å²) in [5.41, 5.74) is 3.80. The fourth-order valence-electron chi connectivity index (χ4n) is 3.23. The summed E-state index contributed by atoms with van der Waals surface area (Å²) < 4.78 is 13.0. The quantitative estimate of drug-likeness (QED) is 0.168. The number of amides is 1. The Morgan fingerprint density at radius 2 is 1.82 bits per heavy atom. The van der Waals surface area contributed by atoms with Gasteiger partial charge in [0.2, 0.25) is 0 Å². The Morgan fingerprint density at radius 1 is 1.12 bits per heavy atom. The monoisotopic (exact) mass is 607 g/mol. The second-order valence-electron chi connectivity index (χ2n) is 7.30. The van der Waals surface area contributed by atoms with Crippen molar-refractivity contribution in [1.82, 2.24) is 0 Å². The van der Waals surface area contributed by atoms with Crippen LogP contribution in [0.15, 0.2) is 65.6 Å². The van der Waals surface area contributed by atoms with Crippen LogP contribution in [0, 0.1) is 10.5 Å². The van der Waals surface area contributed by atoms with Gasteiger partial charge in [-0.1, -0.05) is 65.4 Å². The summed E-state index contributed by atoms with van der Waals surface area (Å²) in [6, 6.07) is 19.1. The van der Waals surface area contributed by atoms with Crippen molar-refractivity contribution >= 4 is 80.2 Å². The van der Waals surface area contributed by atoms with Crippen LogP contribution in [0.4, 0.5) is 5.69 Å². The van der Waals surface area contributed by atoms with E-state index in [9.17, 15) is 4.79 Å². The maximum absolute atomic E-state index is 13.1. The Labute approximate surface area is 221 Å². The third kappa shape index (κ3) is 5.54. The molecule has 1 aliphatic heterocycles. The van der Waals surface area contributed by atoms with Gasteiger partial charge in [-0.05, 0) is 83.1 Å². The van der Waals surface area contributed by atoms with E-state index in [2.05, 4.69) is 41.6 Å². The van der Waals surface area contributed by atoms with Gasteiger partial charge in [0.1, 0.15) is 6.61 Å². The van der Waals surface area contributed by atoms with Crippen molar-refractivity contribution in [3.8, 4) is 11.5 Å². The van der Waals surface area contributed by atoms with Crippen LogP contribution in [0.5, 0.6) is 11.5 Å². The predicted molar refractivity (Wildman–Crippen MR) is 148 cm³/mol. The molecule has 3 aromatic carbocycles. The average Bonchev–Trinajstić information content (AvgIpc) is 3.07. The molecule has 0 N–H and O–H groups in total. The summed E-state index contributed by atoms with van der Waals surface area (Å²) in [6.07, 6.45) is 1.82. The van der Waals surface area contributed by atoms with E-state index < -0.39 is 0 Å². The molecule has 3 aromatic rings. The molecule has 4 rings (SSSR count).